The van der Waals surface area contributed by atoms with Gasteiger partial charge in [-0.1, -0.05) is 68.1 Å². The van der Waals surface area contributed by atoms with Gasteiger partial charge in [0.2, 0.25) is 0 Å². The molecule has 1 unspecified atom stereocenters. The summed E-state index contributed by atoms with van der Waals surface area (Å²) in [4.78, 5) is 12.4. The molecule has 0 bridgehead atoms. The van der Waals surface area contributed by atoms with Gasteiger partial charge in [0, 0.05) is 18.6 Å². The first-order chi connectivity index (χ1) is 10.7. The molecule has 0 aliphatic heterocycles. The highest BCUT2D eigenvalue weighted by Gasteiger charge is 2.19. The van der Waals surface area contributed by atoms with Crippen LogP contribution in [-0.4, -0.2) is 28.4 Å². The lowest BCUT2D eigenvalue weighted by Crippen LogP contribution is -2.19. The van der Waals surface area contributed by atoms with E-state index in [1.54, 1.807) is 12.1 Å². The number of oxime groups is 1. The topological polar surface area (TPSA) is 69.9 Å². The molecule has 0 saturated carbocycles. The molecule has 1 atom stereocenters. The van der Waals surface area contributed by atoms with Gasteiger partial charge in [-0.05, 0) is 18.8 Å². The second kappa shape index (κ2) is 11.0. The van der Waals surface area contributed by atoms with E-state index in [2.05, 4.69) is 12.1 Å². The van der Waals surface area contributed by atoms with Crippen LogP contribution in [0.4, 0.5) is 0 Å². The molecule has 0 fully saturated rings. The second-order valence-corrected chi connectivity index (χ2v) is 5.67. The van der Waals surface area contributed by atoms with E-state index in [-0.39, 0.29) is 18.1 Å². The van der Waals surface area contributed by atoms with E-state index in [0.29, 0.717) is 17.9 Å². The first-order valence-corrected chi connectivity index (χ1v) is 8.14. The van der Waals surface area contributed by atoms with Crippen molar-refractivity contribution in [1.29, 1.82) is 0 Å². The Balaban J connectivity index is 2.67. The fourth-order valence-electron chi connectivity index (χ4n) is 2.62. The zero-order valence-corrected chi connectivity index (χ0v) is 13.4. The number of ketones is 1. The third kappa shape index (κ3) is 6.39. The Morgan fingerprint density at radius 1 is 1.14 bits per heavy atom. The lowest BCUT2D eigenvalue weighted by Gasteiger charge is -2.16. The van der Waals surface area contributed by atoms with Crippen LogP contribution in [-0.2, 0) is 4.79 Å². The first kappa shape index (κ1) is 18.4. The Hall–Kier alpha value is -1.68. The number of unbranched alkanes of at least 4 members (excludes halogenated alkanes) is 2. The van der Waals surface area contributed by atoms with Crippen molar-refractivity contribution >= 4 is 11.5 Å². The van der Waals surface area contributed by atoms with Gasteiger partial charge in [0.15, 0.2) is 11.5 Å². The van der Waals surface area contributed by atoms with Gasteiger partial charge >= 0.3 is 0 Å². The number of rotatable bonds is 11. The van der Waals surface area contributed by atoms with Crippen LogP contribution in [0.3, 0.4) is 0 Å². The molecule has 2 N–H and O–H groups in total. The van der Waals surface area contributed by atoms with E-state index in [9.17, 15) is 10.0 Å². The molecule has 122 valence electrons. The predicted molar refractivity (Wildman–Crippen MR) is 88.3 cm³/mol. The minimum absolute atomic E-state index is 0.112. The third-order valence-corrected chi connectivity index (χ3v) is 3.87. The molecule has 1 aromatic rings. The summed E-state index contributed by atoms with van der Waals surface area (Å²) in [5.74, 6) is 0.179. The molecule has 4 heteroatoms. The molecule has 4 nitrogen and oxygen atoms in total. The number of carbonyl (C=O) groups is 1. The van der Waals surface area contributed by atoms with Crippen LogP contribution in [0.1, 0.15) is 57.4 Å². The fourth-order valence-corrected chi connectivity index (χ4v) is 2.62. The zero-order chi connectivity index (χ0) is 16.2. The lowest BCUT2D eigenvalue weighted by molar-refractivity contribution is -0.114. The number of aliphatic hydroxyl groups excluding tert-OH is 1. The Kier molecular flexibility index (Phi) is 9.15. The highest BCUT2D eigenvalue weighted by molar-refractivity contribution is 6.46. The lowest BCUT2D eigenvalue weighted by atomic mass is 9.89. The Labute approximate surface area is 132 Å². The summed E-state index contributed by atoms with van der Waals surface area (Å²) in [6.07, 6.45) is 6.23. The Bertz CT molecular complexity index is 457. The highest BCUT2D eigenvalue weighted by Crippen LogP contribution is 2.21. The van der Waals surface area contributed by atoms with E-state index < -0.39 is 0 Å². The predicted octanol–water partition coefficient (Wildman–Crippen LogP) is 3.79. The van der Waals surface area contributed by atoms with Crippen LogP contribution in [0.2, 0.25) is 0 Å². The molecule has 1 aromatic carbocycles. The SMILES string of the molecule is CCCCC(CCCCO)CC(=O)C(=NO)c1ccccc1. The maximum Gasteiger partial charge on any atom is 0.185 e. The fraction of sp³-hybridized carbons (Fsp3) is 0.556. The smallest absolute Gasteiger partial charge is 0.185 e. The molecular weight excluding hydrogens is 278 g/mol. The molecule has 0 aromatic heterocycles. The van der Waals surface area contributed by atoms with Crippen molar-refractivity contribution in [3.8, 4) is 0 Å². The Morgan fingerprint density at radius 2 is 1.82 bits per heavy atom. The average Bonchev–Trinajstić information content (AvgIpc) is 2.54. The van der Waals surface area contributed by atoms with Gasteiger partial charge in [-0.25, -0.2) is 0 Å². The molecular formula is C18H27NO3. The number of hydrogen-bond acceptors (Lipinski definition) is 4. The number of nitrogens with zero attached hydrogens (tertiary/aromatic N) is 1. The van der Waals surface area contributed by atoms with Crippen molar-refractivity contribution in [3.05, 3.63) is 35.9 Å². The van der Waals surface area contributed by atoms with Gasteiger partial charge in [-0.3, -0.25) is 4.79 Å². The van der Waals surface area contributed by atoms with Crippen LogP contribution < -0.4 is 0 Å². The molecule has 0 radical (unpaired) electrons. The van der Waals surface area contributed by atoms with Crippen molar-refractivity contribution in [1.82, 2.24) is 0 Å². The van der Waals surface area contributed by atoms with E-state index in [1.165, 1.54) is 0 Å². The maximum atomic E-state index is 12.4. The summed E-state index contributed by atoms with van der Waals surface area (Å²) < 4.78 is 0. The van der Waals surface area contributed by atoms with Crippen molar-refractivity contribution in [2.45, 2.75) is 51.9 Å². The number of carbonyl (C=O) groups excluding carboxylic acids is 1. The first-order valence-electron chi connectivity index (χ1n) is 8.14. The van der Waals surface area contributed by atoms with Gasteiger partial charge in [0.05, 0.1) is 0 Å². The minimum Gasteiger partial charge on any atom is -0.410 e. The van der Waals surface area contributed by atoms with Crippen molar-refractivity contribution in [2.24, 2.45) is 11.1 Å². The summed E-state index contributed by atoms with van der Waals surface area (Å²) >= 11 is 0. The van der Waals surface area contributed by atoms with Gasteiger partial charge in [-0.2, -0.15) is 0 Å². The monoisotopic (exact) mass is 305 g/mol. The highest BCUT2D eigenvalue weighted by atomic mass is 16.4. The minimum atomic E-state index is -0.112. The number of aliphatic hydroxyl groups is 1. The van der Waals surface area contributed by atoms with Gasteiger partial charge in [0.1, 0.15) is 0 Å². The molecule has 0 aliphatic rings. The van der Waals surface area contributed by atoms with E-state index >= 15 is 0 Å². The second-order valence-electron chi connectivity index (χ2n) is 5.67. The van der Waals surface area contributed by atoms with Crippen LogP contribution in [0.25, 0.3) is 0 Å². The molecule has 22 heavy (non-hydrogen) atoms. The molecule has 0 amide bonds. The molecule has 0 heterocycles. The van der Waals surface area contributed by atoms with Crippen molar-refractivity contribution < 1.29 is 15.1 Å². The third-order valence-electron chi connectivity index (χ3n) is 3.87. The van der Waals surface area contributed by atoms with Crippen molar-refractivity contribution in [2.75, 3.05) is 6.61 Å². The summed E-state index contributed by atoms with van der Waals surface area (Å²) in [5, 5.41) is 21.3. The molecule has 1 rings (SSSR count). The molecule has 0 aliphatic carbocycles. The number of Topliss-reactive ketones (excluding diaryl/α,β-unsaturated/α-hetero) is 1. The van der Waals surface area contributed by atoms with E-state index in [1.807, 2.05) is 18.2 Å². The largest absolute Gasteiger partial charge is 0.410 e. The Morgan fingerprint density at radius 3 is 2.41 bits per heavy atom. The van der Waals surface area contributed by atoms with Crippen LogP contribution in [0.15, 0.2) is 35.5 Å². The van der Waals surface area contributed by atoms with Crippen LogP contribution in [0, 0.1) is 5.92 Å². The summed E-state index contributed by atoms with van der Waals surface area (Å²) in [6, 6.07) is 9.06. The van der Waals surface area contributed by atoms with Crippen LogP contribution in [0.5, 0.6) is 0 Å². The standard InChI is InChI=1S/C18H27NO3/c1-2-3-9-15(10-7-8-13-20)14-17(21)18(19-22)16-11-5-4-6-12-16/h4-6,11-12,15,20,22H,2-3,7-10,13-14H2,1H3. The quantitative estimate of drug-likeness (QED) is 0.283. The summed E-state index contributed by atoms with van der Waals surface area (Å²) in [7, 11) is 0. The van der Waals surface area contributed by atoms with Gasteiger partial charge < -0.3 is 10.3 Å². The molecule has 0 spiro atoms. The van der Waals surface area contributed by atoms with Crippen molar-refractivity contribution in [3.63, 3.8) is 0 Å². The number of benzene rings is 1. The molecule has 0 saturated heterocycles. The number of hydrogen-bond donors (Lipinski definition) is 2. The van der Waals surface area contributed by atoms with Gasteiger partial charge in [0.25, 0.3) is 0 Å². The van der Waals surface area contributed by atoms with Crippen LogP contribution >= 0.6 is 0 Å². The summed E-state index contributed by atoms with van der Waals surface area (Å²) in [5.41, 5.74) is 0.795. The van der Waals surface area contributed by atoms with E-state index in [0.717, 1.165) is 38.5 Å². The maximum absolute atomic E-state index is 12.4. The van der Waals surface area contributed by atoms with E-state index in [4.69, 9.17) is 5.11 Å². The summed E-state index contributed by atoms with van der Waals surface area (Å²) in [6.45, 7) is 2.33. The van der Waals surface area contributed by atoms with Gasteiger partial charge in [-0.15, -0.1) is 0 Å². The normalized spacial score (nSPS) is 13.1. The average molecular weight is 305 g/mol. The zero-order valence-electron chi connectivity index (χ0n) is 13.4.